The lowest BCUT2D eigenvalue weighted by Gasteiger charge is -2.27. The average molecular weight is 568 g/mol. The van der Waals surface area contributed by atoms with Gasteiger partial charge in [-0.25, -0.2) is 9.37 Å². The Balaban J connectivity index is 1.50. The number of aryl methyl sites for hydroxylation is 1. The lowest BCUT2D eigenvalue weighted by molar-refractivity contribution is 0.0575. The van der Waals surface area contributed by atoms with Gasteiger partial charge in [0.05, 0.1) is 30.3 Å². The van der Waals surface area contributed by atoms with E-state index < -0.39 is 23.2 Å². The van der Waals surface area contributed by atoms with Gasteiger partial charge in [0.2, 0.25) is 5.82 Å². The summed E-state index contributed by atoms with van der Waals surface area (Å²) in [6, 6.07) is 4.47. The summed E-state index contributed by atoms with van der Waals surface area (Å²) >= 11 is 0. The molecule has 1 fully saturated rings. The zero-order valence-electron chi connectivity index (χ0n) is 24.6. The van der Waals surface area contributed by atoms with Crippen molar-refractivity contribution in [2.75, 3.05) is 13.7 Å². The average Bonchev–Trinajstić information content (AvgIpc) is 3.43. The summed E-state index contributed by atoms with van der Waals surface area (Å²) in [6.07, 6.45) is 6.38. The van der Waals surface area contributed by atoms with Crippen molar-refractivity contribution in [3.05, 3.63) is 64.9 Å². The highest BCUT2D eigenvalue weighted by atomic mass is 19.2. The molecular weight excluding hydrogens is 528 g/mol. The highest BCUT2D eigenvalue weighted by Gasteiger charge is 2.30. The topological polar surface area (TPSA) is 85.8 Å². The molecule has 3 heterocycles. The number of imidazole rings is 1. The second-order valence-corrected chi connectivity index (χ2v) is 11.9. The van der Waals surface area contributed by atoms with Gasteiger partial charge in [-0.1, -0.05) is 20.8 Å². The first-order chi connectivity index (χ1) is 19.5. The summed E-state index contributed by atoms with van der Waals surface area (Å²) in [5.74, 6) is -1.62. The predicted octanol–water partition coefficient (Wildman–Crippen LogP) is 5.67. The standard InChI is InChI=1S/C31H39F2N5O3/c1-18-22(27(36-37(18)6)29(39)31(2,3)4)12-13-40-28-23(10-11-24(32)26(28)33)19-14-25(41-21-8-7-9-21)30-35-16-20(15-34-5)38(30)17-19/h10-11,14,16-17,21,29,34,39H,7-9,12-13,15H2,1-6H3. The van der Waals surface area contributed by atoms with Crippen LogP contribution in [-0.2, 0) is 20.0 Å². The summed E-state index contributed by atoms with van der Waals surface area (Å²) in [5, 5.41) is 18.6. The second-order valence-electron chi connectivity index (χ2n) is 11.9. The number of nitrogens with zero attached hydrogens (tertiary/aromatic N) is 4. The van der Waals surface area contributed by atoms with Gasteiger partial charge < -0.3 is 19.9 Å². The molecule has 2 N–H and O–H groups in total. The number of nitrogens with one attached hydrogen (secondary N) is 1. The molecule has 1 unspecified atom stereocenters. The van der Waals surface area contributed by atoms with E-state index >= 15 is 4.39 Å². The van der Waals surface area contributed by atoms with Crippen molar-refractivity contribution in [1.82, 2.24) is 24.5 Å². The van der Waals surface area contributed by atoms with E-state index in [0.717, 1.165) is 42.3 Å². The minimum atomic E-state index is -1.05. The van der Waals surface area contributed by atoms with E-state index in [2.05, 4.69) is 15.4 Å². The van der Waals surface area contributed by atoms with Crippen LogP contribution in [0.4, 0.5) is 8.78 Å². The van der Waals surface area contributed by atoms with Crippen LogP contribution in [0.3, 0.4) is 0 Å². The van der Waals surface area contributed by atoms with Crippen molar-refractivity contribution in [2.24, 2.45) is 12.5 Å². The number of benzene rings is 1. The van der Waals surface area contributed by atoms with Gasteiger partial charge in [-0.05, 0) is 56.8 Å². The van der Waals surface area contributed by atoms with E-state index in [0.29, 0.717) is 41.2 Å². The molecule has 1 saturated carbocycles. The number of hydrogen-bond acceptors (Lipinski definition) is 6. The van der Waals surface area contributed by atoms with Gasteiger partial charge in [-0.15, -0.1) is 0 Å². The minimum absolute atomic E-state index is 0.0630. The van der Waals surface area contributed by atoms with Crippen LogP contribution >= 0.6 is 0 Å². The van der Waals surface area contributed by atoms with Crippen LogP contribution in [0.2, 0.25) is 0 Å². The summed E-state index contributed by atoms with van der Waals surface area (Å²) < 4.78 is 45.8. The number of aromatic nitrogens is 4. The predicted molar refractivity (Wildman–Crippen MR) is 153 cm³/mol. The Hall–Kier alpha value is -3.50. The van der Waals surface area contributed by atoms with Crippen LogP contribution in [0.1, 0.15) is 68.8 Å². The van der Waals surface area contributed by atoms with Gasteiger partial charge in [-0.3, -0.25) is 9.08 Å². The number of aliphatic hydroxyl groups is 1. The molecule has 3 aromatic heterocycles. The Kier molecular flexibility index (Phi) is 8.07. The monoisotopic (exact) mass is 567 g/mol. The van der Waals surface area contributed by atoms with E-state index in [1.165, 1.54) is 6.07 Å². The largest absolute Gasteiger partial charge is 0.489 e. The van der Waals surface area contributed by atoms with Crippen molar-refractivity contribution < 1.29 is 23.4 Å². The first kappa shape index (κ1) is 29.0. The maximum absolute atomic E-state index is 15.3. The van der Waals surface area contributed by atoms with Crippen LogP contribution < -0.4 is 14.8 Å². The van der Waals surface area contributed by atoms with Crippen LogP contribution in [0.15, 0.2) is 30.6 Å². The fourth-order valence-electron chi connectivity index (χ4n) is 5.09. The molecule has 0 aliphatic heterocycles. The van der Waals surface area contributed by atoms with Crippen molar-refractivity contribution in [3.8, 4) is 22.6 Å². The molecule has 8 nitrogen and oxygen atoms in total. The molecular formula is C31H39F2N5O3. The first-order valence-corrected chi connectivity index (χ1v) is 14.1. The van der Waals surface area contributed by atoms with E-state index in [9.17, 15) is 9.50 Å². The highest BCUT2D eigenvalue weighted by molar-refractivity contribution is 5.74. The third kappa shape index (κ3) is 5.67. The molecule has 0 radical (unpaired) electrons. The molecule has 4 aromatic rings. The Morgan fingerprint density at radius 3 is 2.63 bits per heavy atom. The zero-order chi connectivity index (χ0) is 29.5. The number of fused-ring (bicyclic) bond motifs is 1. The van der Waals surface area contributed by atoms with Gasteiger partial charge in [-0.2, -0.15) is 9.49 Å². The summed E-state index contributed by atoms with van der Waals surface area (Å²) in [7, 11) is 3.67. The number of pyridine rings is 1. The zero-order valence-corrected chi connectivity index (χ0v) is 24.6. The summed E-state index contributed by atoms with van der Waals surface area (Å²) in [4.78, 5) is 4.57. The van der Waals surface area contributed by atoms with Crippen molar-refractivity contribution in [2.45, 2.75) is 72.1 Å². The van der Waals surface area contributed by atoms with Gasteiger partial charge in [0.1, 0.15) is 6.10 Å². The smallest absolute Gasteiger partial charge is 0.201 e. The van der Waals surface area contributed by atoms with Crippen LogP contribution in [-0.4, -0.2) is 44.0 Å². The Labute approximate surface area is 239 Å². The van der Waals surface area contributed by atoms with Gasteiger partial charge in [0.25, 0.3) is 0 Å². The van der Waals surface area contributed by atoms with E-state index in [4.69, 9.17) is 9.47 Å². The Bertz CT molecular complexity index is 1550. The number of ether oxygens (including phenoxy) is 2. The quantitative estimate of drug-likeness (QED) is 0.257. The first-order valence-electron chi connectivity index (χ1n) is 14.1. The van der Waals surface area contributed by atoms with Crippen molar-refractivity contribution in [1.29, 1.82) is 0 Å². The molecule has 0 bridgehead atoms. The van der Waals surface area contributed by atoms with E-state index in [1.54, 1.807) is 10.9 Å². The van der Waals surface area contributed by atoms with Gasteiger partial charge in [0, 0.05) is 48.6 Å². The normalized spacial score (nSPS) is 14.9. The summed E-state index contributed by atoms with van der Waals surface area (Å²) in [6.45, 7) is 8.38. The van der Waals surface area contributed by atoms with Crippen LogP contribution in [0, 0.1) is 24.0 Å². The van der Waals surface area contributed by atoms with Crippen molar-refractivity contribution in [3.63, 3.8) is 0 Å². The third-order valence-electron chi connectivity index (χ3n) is 7.88. The molecule has 1 aromatic carbocycles. The maximum atomic E-state index is 15.3. The molecule has 10 heteroatoms. The number of aliphatic hydroxyl groups excluding tert-OH is 1. The molecule has 220 valence electrons. The second kappa shape index (κ2) is 11.4. The van der Waals surface area contributed by atoms with Crippen molar-refractivity contribution >= 4 is 5.65 Å². The molecule has 5 rings (SSSR count). The fourth-order valence-corrected chi connectivity index (χ4v) is 5.09. The Morgan fingerprint density at radius 1 is 1.22 bits per heavy atom. The van der Waals surface area contributed by atoms with E-state index in [1.807, 2.05) is 58.5 Å². The minimum Gasteiger partial charge on any atom is -0.489 e. The molecule has 41 heavy (non-hydrogen) atoms. The van der Waals surface area contributed by atoms with Crippen LogP contribution in [0.25, 0.3) is 16.8 Å². The van der Waals surface area contributed by atoms with Crippen LogP contribution in [0.5, 0.6) is 11.5 Å². The molecule has 0 spiro atoms. The number of rotatable bonds is 10. The molecule has 0 amide bonds. The molecule has 0 saturated heterocycles. The summed E-state index contributed by atoms with van der Waals surface area (Å²) in [5.41, 5.74) is 4.48. The SMILES string of the molecule is CNCc1cnc2c(OC3CCC3)cc(-c3ccc(F)c(F)c3OCCc3c(C(O)C(C)(C)C)nn(C)c3C)cn12. The van der Waals surface area contributed by atoms with E-state index in [-0.39, 0.29) is 18.5 Å². The Morgan fingerprint density at radius 2 is 1.98 bits per heavy atom. The van der Waals surface area contributed by atoms with Gasteiger partial charge >= 0.3 is 0 Å². The molecule has 1 aliphatic carbocycles. The fraction of sp³-hybridized carbons (Fsp3) is 0.484. The number of hydrogen-bond donors (Lipinski definition) is 2. The third-order valence-corrected chi connectivity index (χ3v) is 7.88. The highest BCUT2D eigenvalue weighted by Crippen LogP contribution is 2.39. The van der Waals surface area contributed by atoms with Gasteiger partial charge in [0.15, 0.2) is 23.0 Å². The number of halogens is 2. The maximum Gasteiger partial charge on any atom is 0.201 e. The lowest BCUT2D eigenvalue weighted by Crippen LogP contribution is -2.24. The molecule has 1 aliphatic rings. The lowest BCUT2D eigenvalue weighted by atomic mass is 9.85. The molecule has 1 atom stereocenters.